The van der Waals surface area contributed by atoms with Gasteiger partial charge in [0.25, 0.3) is 0 Å². The van der Waals surface area contributed by atoms with Gasteiger partial charge < -0.3 is 15.1 Å². The van der Waals surface area contributed by atoms with Crippen LogP contribution in [-0.4, -0.2) is 40.4 Å². The van der Waals surface area contributed by atoms with Gasteiger partial charge in [-0.3, -0.25) is 0 Å². The Morgan fingerprint density at radius 3 is 2.73 bits per heavy atom. The number of rotatable bonds is 0. The van der Waals surface area contributed by atoms with Crippen molar-refractivity contribution < 1.29 is 15.0 Å². The molecular weight excluding hydrogens is 146 g/mol. The number of carbonyl (C=O) groups is 1. The monoisotopic (exact) mass is 159 g/mol. The number of nitrogens with zero attached hydrogens (tertiary/aromatic N) is 1. The smallest absolute Gasteiger partial charge is 0.407 e. The van der Waals surface area contributed by atoms with E-state index in [0.717, 1.165) is 6.42 Å². The Balaban J connectivity index is 2.46. The number of aliphatic hydroxyl groups excluding tert-OH is 1. The Bertz CT molecular complexity index is 160. The molecule has 0 saturated carbocycles. The molecule has 1 saturated heterocycles. The molecule has 1 heterocycles. The minimum atomic E-state index is -0.934. The number of amides is 1. The summed E-state index contributed by atoms with van der Waals surface area (Å²) in [6.07, 6.45) is -0.663. The van der Waals surface area contributed by atoms with Gasteiger partial charge in [0, 0.05) is 6.54 Å². The highest BCUT2D eigenvalue weighted by atomic mass is 16.4. The number of hydrogen-bond donors (Lipinski definition) is 2. The lowest BCUT2D eigenvalue weighted by Gasteiger charge is -2.32. The Hall–Kier alpha value is -0.770. The summed E-state index contributed by atoms with van der Waals surface area (Å²) in [6.45, 7) is 2.74. The largest absolute Gasteiger partial charge is 0.465 e. The van der Waals surface area contributed by atoms with Crippen molar-refractivity contribution in [2.75, 3.05) is 13.1 Å². The highest BCUT2D eigenvalue weighted by molar-refractivity contribution is 5.65. The first-order valence-corrected chi connectivity index (χ1v) is 3.77. The van der Waals surface area contributed by atoms with E-state index in [9.17, 15) is 9.90 Å². The fourth-order valence-electron chi connectivity index (χ4n) is 1.22. The van der Waals surface area contributed by atoms with Crippen LogP contribution in [0.25, 0.3) is 0 Å². The summed E-state index contributed by atoms with van der Waals surface area (Å²) < 4.78 is 0. The van der Waals surface area contributed by atoms with Crippen molar-refractivity contribution in [2.24, 2.45) is 5.92 Å². The number of carboxylic acid groups (broad SMARTS) is 1. The maximum atomic E-state index is 10.4. The topological polar surface area (TPSA) is 60.8 Å². The fourth-order valence-corrected chi connectivity index (χ4v) is 1.22. The minimum Gasteiger partial charge on any atom is -0.465 e. The molecule has 0 spiro atoms. The van der Waals surface area contributed by atoms with Gasteiger partial charge in [-0.1, -0.05) is 6.92 Å². The average Bonchev–Trinajstić information content (AvgIpc) is 1.94. The Kier molecular flexibility index (Phi) is 2.34. The molecule has 1 amide bonds. The molecule has 1 fully saturated rings. The molecule has 0 unspecified atom stereocenters. The Morgan fingerprint density at radius 2 is 2.27 bits per heavy atom. The molecule has 1 aliphatic rings. The van der Waals surface area contributed by atoms with E-state index < -0.39 is 12.2 Å². The minimum absolute atomic E-state index is 0.227. The third-order valence-electron chi connectivity index (χ3n) is 2.19. The van der Waals surface area contributed by atoms with Gasteiger partial charge in [-0.2, -0.15) is 0 Å². The SMILES string of the molecule is C[C@H]1CCN(C(=O)O)C[C@@H]1O. The van der Waals surface area contributed by atoms with Crippen molar-refractivity contribution in [3.63, 3.8) is 0 Å². The van der Waals surface area contributed by atoms with Gasteiger partial charge in [-0.05, 0) is 12.3 Å². The number of piperidine rings is 1. The van der Waals surface area contributed by atoms with Gasteiger partial charge in [-0.15, -0.1) is 0 Å². The van der Waals surface area contributed by atoms with E-state index in [2.05, 4.69) is 0 Å². The predicted octanol–water partition coefficient (Wildman–Crippen LogP) is 0.367. The first kappa shape index (κ1) is 8.33. The molecule has 64 valence electrons. The second-order valence-electron chi connectivity index (χ2n) is 3.06. The van der Waals surface area contributed by atoms with Crippen molar-refractivity contribution in [1.29, 1.82) is 0 Å². The van der Waals surface area contributed by atoms with E-state index in [0.29, 0.717) is 6.54 Å². The molecule has 2 atom stereocenters. The zero-order valence-electron chi connectivity index (χ0n) is 6.53. The predicted molar refractivity (Wildman–Crippen MR) is 39.4 cm³/mol. The summed E-state index contributed by atoms with van der Waals surface area (Å²) in [4.78, 5) is 11.7. The van der Waals surface area contributed by atoms with E-state index in [1.54, 1.807) is 0 Å². The van der Waals surface area contributed by atoms with E-state index in [1.807, 2.05) is 6.92 Å². The van der Waals surface area contributed by atoms with E-state index in [4.69, 9.17) is 5.11 Å². The van der Waals surface area contributed by atoms with Crippen LogP contribution in [0.2, 0.25) is 0 Å². The number of likely N-dealkylation sites (tertiary alicyclic amines) is 1. The van der Waals surface area contributed by atoms with Crippen molar-refractivity contribution in [3.05, 3.63) is 0 Å². The molecular formula is C7H13NO3. The molecule has 0 radical (unpaired) electrons. The molecule has 11 heavy (non-hydrogen) atoms. The summed E-state index contributed by atoms with van der Waals surface area (Å²) in [5.41, 5.74) is 0. The lowest BCUT2D eigenvalue weighted by Crippen LogP contribution is -2.45. The highest BCUT2D eigenvalue weighted by Gasteiger charge is 2.26. The lowest BCUT2D eigenvalue weighted by molar-refractivity contribution is 0.0315. The molecule has 0 aromatic carbocycles. The van der Waals surface area contributed by atoms with Gasteiger partial charge in [0.05, 0.1) is 12.6 Å². The molecule has 0 bridgehead atoms. The van der Waals surface area contributed by atoms with Gasteiger partial charge >= 0.3 is 6.09 Å². The van der Waals surface area contributed by atoms with Crippen molar-refractivity contribution in [1.82, 2.24) is 4.90 Å². The number of aliphatic hydroxyl groups is 1. The zero-order valence-corrected chi connectivity index (χ0v) is 6.53. The van der Waals surface area contributed by atoms with E-state index >= 15 is 0 Å². The van der Waals surface area contributed by atoms with Crippen LogP contribution in [0.3, 0.4) is 0 Å². The Labute approximate surface area is 65.4 Å². The van der Waals surface area contributed by atoms with Crippen LogP contribution in [0.4, 0.5) is 4.79 Å². The summed E-state index contributed by atoms with van der Waals surface area (Å²) in [7, 11) is 0. The maximum absolute atomic E-state index is 10.4. The second kappa shape index (κ2) is 3.09. The molecule has 2 N–H and O–H groups in total. The highest BCUT2D eigenvalue weighted by Crippen LogP contribution is 2.16. The third kappa shape index (κ3) is 1.83. The van der Waals surface area contributed by atoms with E-state index in [-0.39, 0.29) is 12.5 Å². The average molecular weight is 159 g/mol. The van der Waals surface area contributed by atoms with Gasteiger partial charge in [0.2, 0.25) is 0 Å². The first-order valence-electron chi connectivity index (χ1n) is 3.77. The lowest BCUT2D eigenvalue weighted by atomic mass is 9.96. The van der Waals surface area contributed by atoms with Crippen molar-refractivity contribution in [2.45, 2.75) is 19.4 Å². The molecule has 4 heteroatoms. The van der Waals surface area contributed by atoms with E-state index in [1.165, 1.54) is 4.90 Å². The van der Waals surface area contributed by atoms with Crippen LogP contribution in [0.5, 0.6) is 0 Å². The second-order valence-corrected chi connectivity index (χ2v) is 3.06. The third-order valence-corrected chi connectivity index (χ3v) is 2.19. The molecule has 1 aliphatic heterocycles. The van der Waals surface area contributed by atoms with Crippen molar-refractivity contribution in [3.8, 4) is 0 Å². The molecule has 1 rings (SSSR count). The van der Waals surface area contributed by atoms with Crippen molar-refractivity contribution >= 4 is 6.09 Å². The number of β-amino-alcohol motifs (C(OH)–C–C–N with tert-alkyl or cyclic N) is 1. The van der Waals surface area contributed by atoms with Crippen LogP contribution < -0.4 is 0 Å². The fraction of sp³-hybridized carbons (Fsp3) is 0.857. The number of hydrogen-bond acceptors (Lipinski definition) is 2. The summed E-state index contributed by atoms with van der Waals surface area (Å²) in [6, 6.07) is 0. The molecule has 0 aliphatic carbocycles. The maximum Gasteiger partial charge on any atom is 0.407 e. The standard InChI is InChI=1S/C7H13NO3/c1-5-2-3-8(7(10)11)4-6(5)9/h5-6,9H,2-4H2,1H3,(H,10,11)/t5-,6-/m0/s1. The molecule has 0 aromatic heterocycles. The summed E-state index contributed by atoms with van der Waals surface area (Å²) in [5.74, 6) is 0.227. The van der Waals surface area contributed by atoms with Crippen LogP contribution in [0.1, 0.15) is 13.3 Å². The summed E-state index contributed by atoms with van der Waals surface area (Å²) in [5, 5.41) is 17.8. The normalized spacial score (nSPS) is 32.0. The van der Waals surface area contributed by atoms with Crippen LogP contribution in [-0.2, 0) is 0 Å². The molecule has 4 nitrogen and oxygen atoms in total. The van der Waals surface area contributed by atoms with Gasteiger partial charge in [0.15, 0.2) is 0 Å². The molecule has 0 aromatic rings. The zero-order chi connectivity index (χ0) is 8.43. The Morgan fingerprint density at radius 1 is 1.64 bits per heavy atom. The summed E-state index contributed by atoms with van der Waals surface area (Å²) >= 11 is 0. The van der Waals surface area contributed by atoms with Gasteiger partial charge in [0.1, 0.15) is 0 Å². The first-order chi connectivity index (χ1) is 5.11. The van der Waals surface area contributed by atoms with Gasteiger partial charge in [-0.25, -0.2) is 4.79 Å². The van der Waals surface area contributed by atoms with Crippen LogP contribution in [0.15, 0.2) is 0 Å². The quantitative estimate of drug-likeness (QED) is 0.536. The van der Waals surface area contributed by atoms with Crippen LogP contribution >= 0.6 is 0 Å². The van der Waals surface area contributed by atoms with Crippen LogP contribution in [0, 0.1) is 5.92 Å².